The number of hydrogen-bond acceptors (Lipinski definition) is 3. The quantitative estimate of drug-likeness (QED) is 0.378. The molecule has 2 rings (SSSR count). The van der Waals surface area contributed by atoms with Crippen molar-refractivity contribution in [3.63, 3.8) is 0 Å². The second-order valence-corrected chi connectivity index (χ2v) is 5.53. The maximum atomic E-state index is 12.2. The number of rotatable bonds is 7. The van der Waals surface area contributed by atoms with E-state index in [1.807, 2.05) is 0 Å². The number of guanidine groups is 1. The van der Waals surface area contributed by atoms with Gasteiger partial charge in [0, 0.05) is 12.6 Å². The lowest BCUT2D eigenvalue weighted by Gasteiger charge is -2.23. The summed E-state index contributed by atoms with van der Waals surface area (Å²) in [4.78, 5) is 6.67. The van der Waals surface area contributed by atoms with Crippen molar-refractivity contribution in [3.05, 3.63) is 29.8 Å². The van der Waals surface area contributed by atoms with Crippen LogP contribution in [-0.2, 0) is 6.54 Å². The SMILES string of the molecule is CCN1CCCC1CNC(N)=NCc1cccc(OC(F)F)c1.I. The summed E-state index contributed by atoms with van der Waals surface area (Å²) >= 11 is 0. The van der Waals surface area contributed by atoms with Crippen LogP contribution in [0, 0.1) is 0 Å². The average molecular weight is 454 g/mol. The molecule has 0 bridgehead atoms. The number of hydrogen-bond donors (Lipinski definition) is 2. The van der Waals surface area contributed by atoms with E-state index in [2.05, 4.69) is 26.9 Å². The van der Waals surface area contributed by atoms with Gasteiger partial charge in [-0.1, -0.05) is 19.1 Å². The standard InChI is InChI=1S/C16H24F2N4O.HI/c1-2-22-8-4-6-13(22)11-21-16(19)20-10-12-5-3-7-14(9-12)23-15(17)18;/h3,5,7,9,13,15H,2,4,6,8,10-11H2,1H3,(H3,19,20,21);1H. The zero-order chi connectivity index (χ0) is 16.7. The Morgan fingerprint density at radius 1 is 1.50 bits per heavy atom. The Bertz CT molecular complexity index is 531. The normalized spacial score (nSPS) is 18.5. The molecule has 0 saturated carbocycles. The number of halogens is 3. The summed E-state index contributed by atoms with van der Waals surface area (Å²) in [7, 11) is 0. The van der Waals surface area contributed by atoms with Crippen LogP contribution in [-0.4, -0.2) is 43.1 Å². The lowest BCUT2D eigenvalue weighted by molar-refractivity contribution is -0.0498. The van der Waals surface area contributed by atoms with Gasteiger partial charge in [-0.05, 0) is 43.6 Å². The lowest BCUT2D eigenvalue weighted by atomic mass is 10.2. The van der Waals surface area contributed by atoms with Crippen molar-refractivity contribution in [2.24, 2.45) is 10.7 Å². The molecule has 1 aromatic rings. The average Bonchev–Trinajstić information content (AvgIpc) is 2.98. The molecular formula is C16H25F2IN4O. The molecule has 5 nitrogen and oxygen atoms in total. The predicted molar refractivity (Wildman–Crippen MR) is 102 cm³/mol. The molecule has 0 aliphatic carbocycles. The molecule has 0 spiro atoms. The number of nitrogens with zero attached hydrogens (tertiary/aromatic N) is 2. The highest BCUT2D eigenvalue weighted by Crippen LogP contribution is 2.17. The predicted octanol–water partition coefficient (Wildman–Crippen LogP) is 2.79. The highest BCUT2D eigenvalue weighted by Gasteiger charge is 2.22. The van der Waals surface area contributed by atoms with E-state index in [4.69, 9.17) is 5.73 Å². The molecular weight excluding hydrogens is 429 g/mol. The van der Waals surface area contributed by atoms with Crippen molar-refractivity contribution in [3.8, 4) is 5.75 Å². The first-order chi connectivity index (χ1) is 11.1. The maximum Gasteiger partial charge on any atom is 0.387 e. The minimum atomic E-state index is -2.83. The Balaban J connectivity index is 0.00000288. The number of benzene rings is 1. The number of nitrogens with two attached hydrogens (primary N) is 1. The first kappa shape index (κ1) is 20.9. The van der Waals surface area contributed by atoms with Crippen molar-refractivity contribution in [2.75, 3.05) is 19.6 Å². The molecule has 24 heavy (non-hydrogen) atoms. The number of likely N-dealkylation sites (tertiary alicyclic amines) is 1. The Morgan fingerprint density at radius 3 is 3.00 bits per heavy atom. The molecule has 3 N–H and O–H groups in total. The first-order valence-electron chi connectivity index (χ1n) is 7.90. The Labute approximate surface area is 158 Å². The molecule has 1 unspecified atom stereocenters. The van der Waals surface area contributed by atoms with Gasteiger partial charge in [0.15, 0.2) is 5.96 Å². The van der Waals surface area contributed by atoms with Crippen LogP contribution < -0.4 is 15.8 Å². The van der Waals surface area contributed by atoms with E-state index >= 15 is 0 Å². The third kappa shape index (κ3) is 6.76. The summed E-state index contributed by atoms with van der Waals surface area (Å²) in [5, 5.41) is 3.14. The van der Waals surface area contributed by atoms with Crippen LogP contribution in [0.2, 0.25) is 0 Å². The summed E-state index contributed by atoms with van der Waals surface area (Å²) in [5.41, 5.74) is 6.64. The molecule has 136 valence electrons. The van der Waals surface area contributed by atoms with Crippen LogP contribution >= 0.6 is 24.0 Å². The van der Waals surface area contributed by atoms with Gasteiger partial charge in [-0.3, -0.25) is 4.90 Å². The zero-order valence-electron chi connectivity index (χ0n) is 13.8. The van der Waals surface area contributed by atoms with Gasteiger partial charge in [-0.25, -0.2) is 4.99 Å². The summed E-state index contributed by atoms with van der Waals surface area (Å²) in [6.45, 7) is 2.61. The second-order valence-electron chi connectivity index (χ2n) is 5.53. The fraction of sp³-hybridized carbons (Fsp3) is 0.562. The van der Waals surface area contributed by atoms with Crippen molar-refractivity contribution < 1.29 is 13.5 Å². The molecule has 1 aliphatic rings. The molecule has 1 saturated heterocycles. The van der Waals surface area contributed by atoms with E-state index in [0.717, 1.165) is 25.2 Å². The first-order valence-corrected chi connectivity index (χ1v) is 7.90. The van der Waals surface area contributed by atoms with Crippen LogP contribution in [0.4, 0.5) is 8.78 Å². The van der Waals surface area contributed by atoms with Crippen LogP contribution in [0.1, 0.15) is 25.3 Å². The van der Waals surface area contributed by atoms with Crippen molar-refractivity contribution in [1.29, 1.82) is 0 Å². The van der Waals surface area contributed by atoms with E-state index in [-0.39, 0.29) is 29.7 Å². The minimum Gasteiger partial charge on any atom is -0.435 e. The number of likely N-dealkylation sites (N-methyl/N-ethyl adjacent to an activating group) is 1. The molecule has 1 heterocycles. The van der Waals surface area contributed by atoms with Gasteiger partial charge in [-0.15, -0.1) is 24.0 Å². The van der Waals surface area contributed by atoms with E-state index < -0.39 is 6.61 Å². The molecule has 0 amide bonds. The molecule has 1 aliphatic heterocycles. The van der Waals surface area contributed by atoms with Gasteiger partial charge in [0.2, 0.25) is 0 Å². The highest BCUT2D eigenvalue weighted by atomic mass is 127. The molecule has 0 radical (unpaired) electrons. The fourth-order valence-corrected chi connectivity index (χ4v) is 2.82. The highest BCUT2D eigenvalue weighted by molar-refractivity contribution is 14.0. The molecule has 1 aromatic carbocycles. The molecule has 1 fully saturated rings. The number of aliphatic imine (C=N–C) groups is 1. The summed E-state index contributed by atoms with van der Waals surface area (Å²) < 4.78 is 28.7. The molecule has 0 aromatic heterocycles. The summed E-state index contributed by atoms with van der Waals surface area (Å²) in [6.07, 6.45) is 2.38. The second kappa shape index (κ2) is 10.7. The Morgan fingerprint density at radius 2 is 2.29 bits per heavy atom. The van der Waals surface area contributed by atoms with Gasteiger partial charge >= 0.3 is 6.61 Å². The smallest absolute Gasteiger partial charge is 0.387 e. The topological polar surface area (TPSA) is 62.9 Å². The summed E-state index contributed by atoms with van der Waals surface area (Å²) in [5.74, 6) is 0.497. The van der Waals surface area contributed by atoms with Gasteiger partial charge in [0.05, 0.1) is 6.54 Å². The summed E-state index contributed by atoms with van der Waals surface area (Å²) in [6, 6.07) is 6.98. The van der Waals surface area contributed by atoms with E-state index in [9.17, 15) is 8.78 Å². The molecule has 8 heteroatoms. The third-order valence-corrected chi connectivity index (χ3v) is 3.98. The fourth-order valence-electron chi connectivity index (χ4n) is 2.82. The van der Waals surface area contributed by atoms with Crippen molar-refractivity contribution in [2.45, 2.75) is 39.0 Å². The zero-order valence-corrected chi connectivity index (χ0v) is 16.1. The number of alkyl halides is 2. The monoisotopic (exact) mass is 454 g/mol. The number of nitrogens with one attached hydrogen (secondary N) is 1. The Hall–Kier alpha value is -1.16. The van der Waals surface area contributed by atoms with Crippen LogP contribution in [0.5, 0.6) is 5.75 Å². The van der Waals surface area contributed by atoms with Gasteiger partial charge in [0.1, 0.15) is 5.75 Å². The molecule has 1 atom stereocenters. The van der Waals surface area contributed by atoms with Crippen molar-refractivity contribution >= 4 is 29.9 Å². The Kier molecular flexibility index (Phi) is 9.27. The third-order valence-electron chi connectivity index (χ3n) is 3.98. The van der Waals surface area contributed by atoms with Crippen LogP contribution in [0.15, 0.2) is 29.3 Å². The van der Waals surface area contributed by atoms with E-state index in [1.54, 1.807) is 18.2 Å². The lowest BCUT2D eigenvalue weighted by Crippen LogP contribution is -2.42. The maximum absolute atomic E-state index is 12.2. The van der Waals surface area contributed by atoms with Gasteiger partial charge < -0.3 is 15.8 Å². The van der Waals surface area contributed by atoms with E-state index in [0.29, 0.717) is 18.5 Å². The van der Waals surface area contributed by atoms with Gasteiger partial charge in [0.25, 0.3) is 0 Å². The minimum absolute atomic E-state index is 0. The van der Waals surface area contributed by atoms with Crippen LogP contribution in [0.3, 0.4) is 0 Å². The number of ether oxygens (including phenoxy) is 1. The van der Waals surface area contributed by atoms with Gasteiger partial charge in [-0.2, -0.15) is 8.78 Å². The van der Waals surface area contributed by atoms with Crippen molar-refractivity contribution in [1.82, 2.24) is 10.2 Å². The van der Waals surface area contributed by atoms with E-state index in [1.165, 1.54) is 18.9 Å². The largest absolute Gasteiger partial charge is 0.435 e. The van der Waals surface area contributed by atoms with Crippen LogP contribution in [0.25, 0.3) is 0 Å².